The molecule has 0 unspecified atom stereocenters. The second-order valence-electron chi connectivity index (χ2n) is 3.89. The second-order valence-corrected chi connectivity index (χ2v) is 3.89. The molecule has 1 heterocycles. The monoisotopic (exact) mass is 247 g/mol. The molecule has 2 rings (SSSR count). The van der Waals surface area contributed by atoms with Crippen LogP contribution in [0.15, 0.2) is 24.5 Å². The molecule has 5 nitrogen and oxygen atoms in total. The highest BCUT2D eigenvalue weighted by molar-refractivity contribution is 5.59. The van der Waals surface area contributed by atoms with Crippen molar-refractivity contribution >= 4 is 5.69 Å². The van der Waals surface area contributed by atoms with Crippen LogP contribution in [0.5, 0.6) is 11.5 Å². The summed E-state index contributed by atoms with van der Waals surface area (Å²) >= 11 is 0. The van der Waals surface area contributed by atoms with E-state index in [0.717, 1.165) is 28.6 Å². The predicted molar refractivity (Wildman–Crippen MR) is 70.2 cm³/mol. The fourth-order valence-electron chi connectivity index (χ4n) is 1.70. The molecule has 2 N–H and O–H groups in total. The molecule has 0 radical (unpaired) electrons. The van der Waals surface area contributed by atoms with E-state index in [9.17, 15) is 0 Å². The summed E-state index contributed by atoms with van der Waals surface area (Å²) in [6.07, 6.45) is 1.69. The first kappa shape index (κ1) is 12.3. The average molecular weight is 247 g/mol. The van der Waals surface area contributed by atoms with Gasteiger partial charge in [-0.2, -0.15) is 0 Å². The Balaban J connectivity index is 2.14. The van der Waals surface area contributed by atoms with Crippen LogP contribution in [0.25, 0.3) is 0 Å². The average Bonchev–Trinajstić information content (AvgIpc) is 2.81. The van der Waals surface area contributed by atoms with Crippen molar-refractivity contribution in [2.75, 3.05) is 19.5 Å². The Morgan fingerprint density at radius 2 is 2.11 bits per heavy atom. The lowest BCUT2D eigenvalue weighted by Gasteiger charge is -2.12. The molecule has 96 valence electrons. The van der Waals surface area contributed by atoms with Crippen LogP contribution in [0.2, 0.25) is 0 Å². The molecule has 18 heavy (non-hydrogen) atoms. The standard InChI is InChI=1S/C13H17N3O2/c1-9-12(16-8-15-9)7-14-11-6-10(17-2)4-5-13(11)18-3/h4-6,8,14H,7H2,1-3H3,(H,15,16). The van der Waals surface area contributed by atoms with Crippen LogP contribution < -0.4 is 14.8 Å². The molecular weight excluding hydrogens is 230 g/mol. The largest absolute Gasteiger partial charge is 0.497 e. The number of hydrogen-bond donors (Lipinski definition) is 2. The molecular formula is C13H17N3O2. The zero-order valence-corrected chi connectivity index (χ0v) is 10.8. The Hall–Kier alpha value is -2.17. The molecule has 0 bridgehead atoms. The number of aromatic amines is 1. The number of methoxy groups -OCH3 is 2. The van der Waals surface area contributed by atoms with Crippen molar-refractivity contribution in [2.45, 2.75) is 13.5 Å². The quantitative estimate of drug-likeness (QED) is 0.851. The highest BCUT2D eigenvalue weighted by Crippen LogP contribution is 2.29. The summed E-state index contributed by atoms with van der Waals surface area (Å²) in [5, 5.41) is 3.29. The Morgan fingerprint density at radius 1 is 1.28 bits per heavy atom. The van der Waals surface area contributed by atoms with Gasteiger partial charge in [-0.3, -0.25) is 0 Å². The van der Waals surface area contributed by atoms with Gasteiger partial charge in [0.25, 0.3) is 0 Å². The summed E-state index contributed by atoms with van der Waals surface area (Å²) < 4.78 is 10.5. The van der Waals surface area contributed by atoms with Crippen molar-refractivity contribution in [3.8, 4) is 11.5 Å². The maximum Gasteiger partial charge on any atom is 0.142 e. The molecule has 0 aliphatic rings. The lowest BCUT2D eigenvalue weighted by atomic mass is 10.2. The van der Waals surface area contributed by atoms with Gasteiger partial charge in [-0.25, -0.2) is 4.98 Å². The number of aromatic nitrogens is 2. The minimum atomic E-state index is 0.638. The fourth-order valence-corrected chi connectivity index (χ4v) is 1.70. The van der Waals surface area contributed by atoms with Gasteiger partial charge in [0.1, 0.15) is 11.5 Å². The van der Waals surface area contributed by atoms with Crippen molar-refractivity contribution in [1.29, 1.82) is 0 Å². The molecule has 0 aliphatic carbocycles. The summed E-state index contributed by atoms with van der Waals surface area (Å²) in [4.78, 5) is 7.29. The molecule has 0 spiro atoms. The summed E-state index contributed by atoms with van der Waals surface area (Å²) in [5.41, 5.74) is 2.93. The number of nitrogens with one attached hydrogen (secondary N) is 2. The summed E-state index contributed by atoms with van der Waals surface area (Å²) in [6, 6.07) is 5.64. The number of aryl methyl sites for hydroxylation is 1. The smallest absolute Gasteiger partial charge is 0.142 e. The van der Waals surface area contributed by atoms with Crippen molar-refractivity contribution in [3.05, 3.63) is 35.9 Å². The highest BCUT2D eigenvalue weighted by atomic mass is 16.5. The summed E-state index contributed by atoms with van der Waals surface area (Å²) in [6.45, 7) is 2.63. The summed E-state index contributed by atoms with van der Waals surface area (Å²) in [5.74, 6) is 1.57. The summed E-state index contributed by atoms with van der Waals surface area (Å²) in [7, 11) is 3.29. The van der Waals surface area contributed by atoms with Crippen molar-refractivity contribution in [2.24, 2.45) is 0 Å². The Labute approximate surface area is 106 Å². The number of benzene rings is 1. The van der Waals surface area contributed by atoms with Crippen molar-refractivity contribution < 1.29 is 9.47 Å². The van der Waals surface area contributed by atoms with Crippen LogP contribution in [0.4, 0.5) is 5.69 Å². The number of rotatable bonds is 5. The third kappa shape index (κ3) is 2.56. The van der Waals surface area contributed by atoms with E-state index in [0.29, 0.717) is 6.54 Å². The number of hydrogen-bond acceptors (Lipinski definition) is 4. The van der Waals surface area contributed by atoms with Gasteiger partial charge in [-0.15, -0.1) is 0 Å². The van der Waals surface area contributed by atoms with Crippen LogP contribution in [0.3, 0.4) is 0 Å². The highest BCUT2D eigenvalue weighted by Gasteiger charge is 2.06. The molecule has 0 amide bonds. The molecule has 0 atom stereocenters. The number of H-pyrrole nitrogens is 1. The maximum atomic E-state index is 5.30. The SMILES string of the molecule is COc1ccc(OC)c(NCc2nc[nH]c2C)c1. The minimum absolute atomic E-state index is 0.638. The molecule has 5 heteroatoms. The van der Waals surface area contributed by atoms with Crippen molar-refractivity contribution in [3.63, 3.8) is 0 Å². The molecule has 0 aliphatic heterocycles. The lowest BCUT2D eigenvalue weighted by Crippen LogP contribution is -2.03. The molecule has 1 aromatic carbocycles. The van der Waals surface area contributed by atoms with E-state index in [-0.39, 0.29) is 0 Å². The van der Waals surface area contributed by atoms with E-state index in [2.05, 4.69) is 15.3 Å². The first-order valence-corrected chi connectivity index (χ1v) is 5.69. The van der Waals surface area contributed by atoms with E-state index in [4.69, 9.17) is 9.47 Å². The van der Waals surface area contributed by atoms with Gasteiger partial charge in [0, 0.05) is 11.8 Å². The number of imidazole rings is 1. The minimum Gasteiger partial charge on any atom is -0.497 e. The third-order valence-corrected chi connectivity index (χ3v) is 2.79. The number of nitrogens with zero attached hydrogens (tertiary/aromatic N) is 1. The fraction of sp³-hybridized carbons (Fsp3) is 0.308. The lowest BCUT2D eigenvalue weighted by molar-refractivity contribution is 0.404. The van der Waals surface area contributed by atoms with E-state index in [1.54, 1.807) is 20.5 Å². The van der Waals surface area contributed by atoms with E-state index in [1.165, 1.54) is 0 Å². The van der Waals surface area contributed by atoms with Crippen LogP contribution in [-0.4, -0.2) is 24.2 Å². The van der Waals surface area contributed by atoms with Gasteiger partial charge in [0.15, 0.2) is 0 Å². The zero-order chi connectivity index (χ0) is 13.0. The van der Waals surface area contributed by atoms with Crippen LogP contribution in [-0.2, 0) is 6.54 Å². The Morgan fingerprint density at radius 3 is 2.72 bits per heavy atom. The van der Waals surface area contributed by atoms with Crippen LogP contribution in [0.1, 0.15) is 11.4 Å². The van der Waals surface area contributed by atoms with Gasteiger partial charge in [0.05, 0.1) is 38.5 Å². The van der Waals surface area contributed by atoms with E-state index in [1.807, 2.05) is 25.1 Å². The Kier molecular flexibility index (Phi) is 3.72. The third-order valence-electron chi connectivity index (χ3n) is 2.79. The van der Waals surface area contributed by atoms with Gasteiger partial charge in [-0.05, 0) is 19.1 Å². The number of anilines is 1. The van der Waals surface area contributed by atoms with Gasteiger partial charge >= 0.3 is 0 Å². The maximum absolute atomic E-state index is 5.30. The molecule has 0 saturated heterocycles. The van der Waals surface area contributed by atoms with Crippen molar-refractivity contribution in [1.82, 2.24) is 9.97 Å². The van der Waals surface area contributed by atoms with Gasteiger partial charge in [-0.1, -0.05) is 0 Å². The van der Waals surface area contributed by atoms with Gasteiger partial charge in [0.2, 0.25) is 0 Å². The molecule has 0 fully saturated rings. The number of ether oxygens (including phenoxy) is 2. The first-order valence-electron chi connectivity index (χ1n) is 5.69. The normalized spacial score (nSPS) is 10.2. The molecule has 1 aromatic heterocycles. The first-order chi connectivity index (χ1) is 8.74. The topological polar surface area (TPSA) is 59.2 Å². The molecule has 0 saturated carbocycles. The predicted octanol–water partition coefficient (Wildman–Crippen LogP) is 2.35. The van der Waals surface area contributed by atoms with Crippen LogP contribution in [0, 0.1) is 6.92 Å². The van der Waals surface area contributed by atoms with E-state index >= 15 is 0 Å². The Bertz CT molecular complexity index is 523. The molecule has 2 aromatic rings. The second kappa shape index (κ2) is 5.44. The van der Waals surface area contributed by atoms with E-state index < -0.39 is 0 Å². The van der Waals surface area contributed by atoms with Crippen LogP contribution >= 0.6 is 0 Å². The van der Waals surface area contributed by atoms with Gasteiger partial charge < -0.3 is 19.8 Å². The zero-order valence-electron chi connectivity index (χ0n) is 10.8.